The first kappa shape index (κ1) is 13.8. The van der Waals surface area contributed by atoms with E-state index in [4.69, 9.17) is 14.2 Å². The van der Waals surface area contributed by atoms with Crippen LogP contribution in [0.1, 0.15) is 5.56 Å². The molecule has 0 amide bonds. The summed E-state index contributed by atoms with van der Waals surface area (Å²) < 4.78 is 15.6. The topological polar surface area (TPSA) is 44.8 Å². The molecule has 0 heterocycles. The van der Waals surface area contributed by atoms with E-state index in [1.54, 1.807) is 32.4 Å². The van der Waals surface area contributed by atoms with E-state index in [9.17, 15) is 4.79 Å². The van der Waals surface area contributed by atoms with Gasteiger partial charge >= 0.3 is 0 Å². The number of hydrogen-bond acceptors (Lipinski definition) is 4. The lowest BCUT2D eigenvalue weighted by molar-refractivity contribution is -0.110. The first-order chi connectivity index (χ1) is 8.65. The maximum absolute atomic E-state index is 11.1. The lowest BCUT2D eigenvalue weighted by Crippen LogP contribution is -1.95. The van der Waals surface area contributed by atoms with Crippen LogP contribution in [0.25, 0.3) is 6.08 Å². The van der Waals surface area contributed by atoms with Crippen LogP contribution in [0.4, 0.5) is 0 Å². The number of allylic oxidation sites excluding steroid dienone is 2. The summed E-state index contributed by atoms with van der Waals surface area (Å²) in [5.74, 6) is 1.45. The Bertz CT molecular complexity index is 450. The molecule has 0 radical (unpaired) electrons. The Morgan fingerprint density at radius 2 is 1.67 bits per heavy atom. The molecule has 0 fully saturated rings. The zero-order chi connectivity index (χ0) is 13.5. The third-order valence-corrected chi connectivity index (χ3v) is 2.33. The SMILES string of the molecule is C=CC(=O)C=Cc1cc(OC)c(OC)c(OC)c1. The summed E-state index contributed by atoms with van der Waals surface area (Å²) in [7, 11) is 4.62. The predicted molar refractivity (Wildman–Crippen MR) is 70.3 cm³/mol. The molecule has 0 saturated carbocycles. The highest BCUT2D eigenvalue weighted by Gasteiger charge is 2.11. The molecule has 96 valence electrons. The minimum Gasteiger partial charge on any atom is -0.493 e. The molecule has 0 aliphatic heterocycles. The van der Waals surface area contributed by atoms with Crippen LogP contribution in [0.5, 0.6) is 17.2 Å². The van der Waals surface area contributed by atoms with Crippen LogP contribution in [0.15, 0.2) is 30.9 Å². The number of carbonyl (C=O) groups excluding carboxylic acids is 1. The Kier molecular flexibility index (Phi) is 4.99. The van der Waals surface area contributed by atoms with Crippen LogP contribution < -0.4 is 14.2 Å². The van der Waals surface area contributed by atoms with Gasteiger partial charge in [-0.05, 0) is 29.8 Å². The fraction of sp³-hybridized carbons (Fsp3) is 0.214. The van der Waals surface area contributed by atoms with Gasteiger partial charge in [0.25, 0.3) is 0 Å². The van der Waals surface area contributed by atoms with Crippen LogP contribution in [0, 0.1) is 0 Å². The lowest BCUT2D eigenvalue weighted by atomic mass is 10.1. The predicted octanol–water partition coefficient (Wildman–Crippen LogP) is 2.48. The van der Waals surface area contributed by atoms with Crippen molar-refractivity contribution in [2.75, 3.05) is 21.3 Å². The van der Waals surface area contributed by atoms with Crippen LogP contribution >= 0.6 is 0 Å². The molecule has 4 heteroatoms. The van der Waals surface area contributed by atoms with Crippen molar-refractivity contribution in [1.29, 1.82) is 0 Å². The summed E-state index contributed by atoms with van der Waals surface area (Å²) in [5.41, 5.74) is 0.778. The Morgan fingerprint density at radius 1 is 1.11 bits per heavy atom. The van der Waals surface area contributed by atoms with Crippen molar-refractivity contribution in [3.63, 3.8) is 0 Å². The molecule has 0 bridgehead atoms. The van der Waals surface area contributed by atoms with E-state index in [1.165, 1.54) is 19.3 Å². The van der Waals surface area contributed by atoms with Crippen molar-refractivity contribution in [1.82, 2.24) is 0 Å². The first-order valence-electron chi connectivity index (χ1n) is 5.30. The normalized spacial score (nSPS) is 10.2. The van der Waals surface area contributed by atoms with Crippen molar-refractivity contribution < 1.29 is 19.0 Å². The van der Waals surface area contributed by atoms with Crippen LogP contribution in [-0.4, -0.2) is 27.1 Å². The highest BCUT2D eigenvalue weighted by Crippen LogP contribution is 2.38. The first-order valence-corrected chi connectivity index (χ1v) is 5.30. The molecular weight excluding hydrogens is 232 g/mol. The third-order valence-electron chi connectivity index (χ3n) is 2.33. The standard InChI is InChI=1S/C14H16O4/c1-5-11(15)7-6-10-8-12(16-2)14(18-4)13(9-10)17-3/h5-9H,1H2,2-4H3. The average Bonchev–Trinajstić information content (AvgIpc) is 2.43. The van der Waals surface area contributed by atoms with Gasteiger partial charge < -0.3 is 14.2 Å². The Balaban J connectivity index is 3.19. The fourth-order valence-electron chi connectivity index (χ4n) is 1.44. The van der Waals surface area contributed by atoms with Gasteiger partial charge in [-0.15, -0.1) is 0 Å². The van der Waals surface area contributed by atoms with E-state index in [1.807, 2.05) is 0 Å². The molecule has 0 aromatic heterocycles. The highest BCUT2D eigenvalue weighted by molar-refractivity contribution is 6.01. The van der Waals surface area contributed by atoms with Gasteiger partial charge in [-0.3, -0.25) is 4.79 Å². The van der Waals surface area contributed by atoms with Crippen molar-refractivity contribution in [3.05, 3.63) is 36.4 Å². The van der Waals surface area contributed by atoms with Gasteiger partial charge in [-0.2, -0.15) is 0 Å². The molecule has 0 aliphatic rings. The molecule has 0 unspecified atom stereocenters. The molecule has 0 atom stereocenters. The molecule has 4 nitrogen and oxygen atoms in total. The average molecular weight is 248 g/mol. The van der Waals surface area contributed by atoms with E-state index in [-0.39, 0.29) is 5.78 Å². The summed E-state index contributed by atoms with van der Waals surface area (Å²) in [5, 5.41) is 0. The molecule has 0 saturated heterocycles. The zero-order valence-corrected chi connectivity index (χ0v) is 10.7. The third kappa shape index (κ3) is 3.13. The van der Waals surface area contributed by atoms with Gasteiger partial charge in [0.15, 0.2) is 17.3 Å². The van der Waals surface area contributed by atoms with E-state index < -0.39 is 0 Å². The van der Waals surface area contributed by atoms with Gasteiger partial charge in [0.05, 0.1) is 21.3 Å². The summed E-state index contributed by atoms with van der Waals surface area (Å²) in [6, 6.07) is 3.52. The van der Waals surface area contributed by atoms with E-state index in [0.29, 0.717) is 17.2 Å². The second kappa shape index (κ2) is 6.49. The molecule has 1 rings (SSSR count). The van der Waals surface area contributed by atoms with E-state index >= 15 is 0 Å². The molecule has 1 aromatic carbocycles. The largest absolute Gasteiger partial charge is 0.493 e. The van der Waals surface area contributed by atoms with Gasteiger partial charge in [-0.25, -0.2) is 0 Å². The maximum atomic E-state index is 11.1. The molecule has 18 heavy (non-hydrogen) atoms. The fourth-order valence-corrected chi connectivity index (χ4v) is 1.44. The van der Waals surface area contributed by atoms with Crippen LogP contribution in [0.2, 0.25) is 0 Å². The number of carbonyl (C=O) groups is 1. The molecule has 0 spiro atoms. The summed E-state index contributed by atoms with van der Waals surface area (Å²) in [6.45, 7) is 3.40. The van der Waals surface area contributed by atoms with E-state index in [2.05, 4.69) is 6.58 Å². The minimum absolute atomic E-state index is 0.163. The number of hydrogen-bond donors (Lipinski definition) is 0. The Hall–Kier alpha value is -2.23. The van der Waals surface area contributed by atoms with Gasteiger partial charge in [0.1, 0.15) is 0 Å². The molecular formula is C14H16O4. The second-order valence-corrected chi connectivity index (χ2v) is 3.40. The number of ketones is 1. The number of methoxy groups -OCH3 is 3. The summed E-state index contributed by atoms with van der Waals surface area (Å²) in [6.07, 6.45) is 4.33. The number of ether oxygens (including phenoxy) is 3. The molecule has 0 N–H and O–H groups in total. The van der Waals surface area contributed by atoms with Crippen LogP contribution in [0.3, 0.4) is 0 Å². The van der Waals surface area contributed by atoms with Gasteiger partial charge in [0, 0.05) is 0 Å². The Morgan fingerprint density at radius 3 is 2.06 bits per heavy atom. The van der Waals surface area contributed by atoms with E-state index in [0.717, 1.165) is 5.56 Å². The van der Waals surface area contributed by atoms with Crippen molar-refractivity contribution in [2.45, 2.75) is 0 Å². The molecule has 1 aromatic rings. The monoisotopic (exact) mass is 248 g/mol. The zero-order valence-electron chi connectivity index (χ0n) is 10.7. The summed E-state index contributed by atoms with van der Waals surface area (Å²) in [4.78, 5) is 11.1. The van der Waals surface area contributed by atoms with Crippen molar-refractivity contribution >= 4 is 11.9 Å². The van der Waals surface area contributed by atoms with Gasteiger partial charge in [0.2, 0.25) is 5.75 Å². The second-order valence-electron chi connectivity index (χ2n) is 3.40. The lowest BCUT2D eigenvalue weighted by Gasteiger charge is -2.12. The number of rotatable bonds is 6. The molecule has 0 aliphatic carbocycles. The minimum atomic E-state index is -0.163. The van der Waals surface area contributed by atoms with Crippen molar-refractivity contribution in [2.24, 2.45) is 0 Å². The summed E-state index contributed by atoms with van der Waals surface area (Å²) >= 11 is 0. The smallest absolute Gasteiger partial charge is 0.203 e. The van der Waals surface area contributed by atoms with Crippen LogP contribution in [-0.2, 0) is 4.79 Å². The number of benzene rings is 1. The maximum Gasteiger partial charge on any atom is 0.203 e. The Labute approximate surface area is 106 Å². The highest BCUT2D eigenvalue weighted by atomic mass is 16.5. The van der Waals surface area contributed by atoms with Crippen molar-refractivity contribution in [3.8, 4) is 17.2 Å². The quantitative estimate of drug-likeness (QED) is 0.725. The van der Waals surface area contributed by atoms with Gasteiger partial charge in [-0.1, -0.05) is 12.7 Å².